The summed E-state index contributed by atoms with van der Waals surface area (Å²) in [5.41, 5.74) is 0.262. The molecule has 0 unspecified atom stereocenters. The van der Waals surface area contributed by atoms with Crippen LogP contribution in [0.2, 0.25) is 0 Å². The first-order valence-corrected chi connectivity index (χ1v) is 6.36. The molecule has 0 aromatic carbocycles. The van der Waals surface area contributed by atoms with Crippen LogP contribution < -0.4 is 0 Å². The van der Waals surface area contributed by atoms with Gasteiger partial charge in [-0.2, -0.15) is 0 Å². The van der Waals surface area contributed by atoms with Gasteiger partial charge in [0.2, 0.25) is 0 Å². The number of methoxy groups -OCH3 is 2. The quantitative estimate of drug-likeness (QED) is 0.539. The Bertz CT molecular complexity index is 358. The van der Waals surface area contributed by atoms with E-state index in [1.165, 1.54) is 20.3 Å². The lowest BCUT2D eigenvalue weighted by molar-refractivity contribution is -0.140. The number of hydrogen-bond donors (Lipinski definition) is 0. The lowest BCUT2D eigenvalue weighted by atomic mass is 10.2. The maximum Gasteiger partial charge on any atom is 0.354 e. The van der Waals surface area contributed by atoms with Crippen molar-refractivity contribution in [2.24, 2.45) is 0 Å². The molecule has 1 fully saturated rings. The van der Waals surface area contributed by atoms with E-state index in [0.717, 1.165) is 13.1 Å². The molecule has 1 saturated heterocycles. The summed E-state index contributed by atoms with van der Waals surface area (Å²) in [6.45, 7) is 7.37. The van der Waals surface area contributed by atoms with Crippen LogP contribution in [0.25, 0.3) is 0 Å². The molecule has 0 N–H and O–H groups in total. The molecule has 1 rings (SSSR count). The third-order valence-corrected chi connectivity index (χ3v) is 3.24. The Balaban J connectivity index is 2.76. The number of carbonyl (C=O) groups excluding carboxylic acids is 2. The van der Waals surface area contributed by atoms with Crippen LogP contribution in [0.15, 0.2) is 11.8 Å². The molecule has 1 heterocycles. The molecule has 108 valence electrons. The van der Waals surface area contributed by atoms with Crippen LogP contribution in [0, 0.1) is 0 Å². The molecule has 1 aliphatic heterocycles. The lowest BCUT2D eigenvalue weighted by Crippen LogP contribution is -2.49. The lowest BCUT2D eigenvalue weighted by Gasteiger charge is -2.38. The Morgan fingerprint density at radius 2 is 1.63 bits per heavy atom. The van der Waals surface area contributed by atoms with Gasteiger partial charge in [0.25, 0.3) is 0 Å². The summed E-state index contributed by atoms with van der Waals surface area (Å²) in [4.78, 5) is 27.2. The molecule has 6 heteroatoms. The van der Waals surface area contributed by atoms with Gasteiger partial charge in [-0.3, -0.25) is 4.90 Å². The minimum Gasteiger partial charge on any atom is -0.466 e. The first-order valence-electron chi connectivity index (χ1n) is 6.36. The first-order chi connectivity index (χ1) is 8.99. The van der Waals surface area contributed by atoms with Gasteiger partial charge < -0.3 is 14.4 Å². The topological polar surface area (TPSA) is 59.1 Å². The van der Waals surface area contributed by atoms with Gasteiger partial charge >= 0.3 is 11.9 Å². The van der Waals surface area contributed by atoms with Crippen molar-refractivity contribution >= 4 is 11.9 Å². The fourth-order valence-electron chi connectivity index (χ4n) is 2.03. The van der Waals surface area contributed by atoms with Gasteiger partial charge in [0.1, 0.15) is 5.70 Å². The van der Waals surface area contributed by atoms with E-state index < -0.39 is 11.9 Å². The summed E-state index contributed by atoms with van der Waals surface area (Å²) in [5.74, 6) is -1.06. The predicted octanol–water partition coefficient (Wildman–Crippen LogP) is 0.242. The zero-order valence-corrected chi connectivity index (χ0v) is 12.0. The van der Waals surface area contributed by atoms with Gasteiger partial charge in [0, 0.05) is 32.2 Å². The van der Waals surface area contributed by atoms with E-state index in [2.05, 4.69) is 23.5 Å². The highest BCUT2D eigenvalue weighted by Crippen LogP contribution is 2.13. The highest BCUT2D eigenvalue weighted by molar-refractivity contribution is 5.95. The smallest absolute Gasteiger partial charge is 0.354 e. The molecule has 0 aromatic heterocycles. The van der Waals surface area contributed by atoms with Gasteiger partial charge in [-0.15, -0.1) is 0 Å². The van der Waals surface area contributed by atoms with E-state index in [-0.39, 0.29) is 5.70 Å². The summed E-state index contributed by atoms with van der Waals surface area (Å²) >= 11 is 0. The van der Waals surface area contributed by atoms with E-state index in [0.29, 0.717) is 19.1 Å². The maximum absolute atomic E-state index is 11.7. The molecule has 0 spiro atoms. The minimum absolute atomic E-state index is 0.262. The van der Waals surface area contributed by atoms with E-state index in [1.54, 1.807) is 0 Å². The fourth-order valence-corrected chi connectivity index (χ4v) is 2.03. The molecule has 0 radical (unpaired) electrons. The Morgan fingerprint density at radius 1 is 1.05 bits per heavy atom. The van der Waals surface area contributed by atoms with Crippen molar-refractivity contribution in [3.63, 3.8) is 0 Å². The summed E-state index contributed by atoms with van der Waals surface area (Å²) in [7, 11) is 2.59. The van der Waals surface area contributed by atoms with Gasteiger partial charge in [0.15, 0.2) is 0 Å². The highest BCUT2D eigenvalue weighted by Gasteiger charge is 2.25. The standard InChI is InChI=1S/C13H22N2O4/c1-10(2)14-5-7-15(8-6-14)11(13(17)19-4)9-12(16)18-3/h9-10H,5-8H2,1-4H3/b11-9+. The van der Waals surface area contributed by atoms with Crippen LogP contribution in [0.4, 0.5) is 0 Å². The monoisotopic (exact) mass is 270 g/mol. The van der Waals surface area contributed by atoms with Crippen molar-refractivity contribution in [3.05, 3.63) is 11.8 Å². The van der Waals surface area contributed by atoms with Crippen LogP contribution in [-0.4, -0.2) is 68.2 Å². The van der Waals surface area contributed by atoms with Crippen molar-refractivity contribution in [2.75, 3.05) is 40.4 Å². The third kappa shape index (κ3) is 4.24. The van der Waals surface area contributed by atoms with Crippen LogP contribution in [0.5, 0.6) is 0 Å². The number of ether oxygens (including phenoxy) is 2. The number of piperazine rings is 1. The van der Waals surface area contributed by atoms with E-state index in [4.69, 9.17) is 4.74 Å². The molecule has 19 heavy (non-hydrogen) atoms. The zero-order valence-electron chi connectivity index (χ0n) is 12.0. The number of carbonyl (C=O) groups is 2. The van der Waals surface area contributed by atoms with Crippen LogP contribution in [0.1, 0.15) is 13.8 Å². The molecule has 0 amide bonds. The molecule has 0 aromatic rings. The number of hydrogen-bond acceptors (Lipinski definition) is 6. The van der Waals surface area contributed by atoms with Gasteiger partial charge in [-0.1, -0.05) is 0 Å². The molecule has 1 aliphatic rings. The highest BCUT2D eigenvalue weighted by atomic mass is 16.5. The van der Waals surface area contributed by atoms with Crippen molar-refractivity contribution in [2.45, 2.75) is 19.9 Å². The largest absolute Gasteiger partial charge is 0.466 e. The predicted molar refractivity (Wildman–Crippen MR) is 70.4 cm³/mol. The molecular formula is C13H22N2O4. The molecule has 0 bridgehead atoms. The Morgan fingerprint density at radius 3 is 2.05 bits per heavy atom. The summed E-state index contributed by atoms with van der Waals surface area (Å²) in [5, 5.41) is 0. The maximum atomic E-state index is 11.7. The second-order valence-corrected chi connectivity index (χ2v) is 4.66. The Kier molecular flexibility index (Phi) is 5.82. The van der Waals surface area contributed by atoms with Crippen molar-refractivity contribution in [1.29, 1.82) is 0 Å². The average Bonchev–Trinajstić information content (AvgIpc) is 2.43. The SMILES string of the molecule is COC(=O)/C=C(\C(=O)OC)N1CCN(C(C)C)CC1. The molecule has 0 saturated carbocycles. The Hall–Kier alpha value is -1.56. The molecule has 6 nitrogen and oxygen atoms in total. The van der Waals surface area contributed by atoms with Gasteiger partial charge in [-0.25, -0.2) is 9.59 Å². The van der Waals surface area contributed by atoms with Gasteiger partial charge in [0.05, 0.1) is 20.3 Å². The Labute approximate surface area is 113 Å². The van der Waals surface area contributed by atoms with E-state index >= 15 is 0 Å². The summed E-state index contributed by atoms with van der Waals surface area (Å²) < 4.78 is 9.28. The molecular weight excluding hydrogens is 248 g/mol. The van der Waals surface area contributed by atoms with E-state index in [1.807, 2.05) is 4.90 Å². The second-order valence-electron chi connectivity index (χ2n) is 4.66. The summed E-state index contributed by atoms with van der Waals surface area (Å²) in [6.07, 6.45) is 1.19. The van der Waals surface area contributed by atoms with Crippen molar-refractivity contribution in [3.8, 4) is 0 Å². The fraction of sp³-hybridized carbons (Fsp3) is 0.692. The van der Waals surface area contributed by atoms with Crippen molar-refractivity contribution < 1.29 is 19.1 Å². The van der Waals surface area contributed by atoms with Crippen LogP contribution in [0.3, 0.4) is 0 Å². The normalized spacial score (nSPS) is 17.5. The number of esters is 2. The number of nitrogens with zero attached hydrogens (tertiary/aromatic N) is 2. The third-order valence-electron chi connectivity index (χ3n) is 3.24. The van der Waals surface area contributed by atoms with Crippen LogP contribution in [-0.2, 0) is 19.1 Å². The first kappa shape index (κ1) is 15.5. The zero-order chi connectivity index (χ0) is 14.4. The van der Waals surface area contributed by atoms with E-state index in [9.17, 15) is 9.59 Å². The summed E-state index contributed by atoms with van der Waals surface area (Å²) in [6, 6.07) is 0.480. The molecule has 0 aliphatic carbocycles. The minimum atomic E-state index is -0.549. The molecule has 0 atom stereocenters. The van der Waals surface area contributed by atoms with Crippen LogP contribution >= 0.6 is 0 Å². The van der Waals surface area contributed by atoms with Crippen molar-refractivity contribution in [1.82, 2.24) is 9.80 Å². The number of rotatable bonds is 4. The average molecular weight is 270 g/mol. The second kappa shape index (κ2) is 7.13. The van der Waals surface area contributed by atoms with Gasteiger partial charge in [-0.05, 0) is 13.8 Å².